The topological polar surface area (TPSA) is 89.3 Å². The second kappa shape index (κ2) is 10.7. The van der Waals surface area contributed by atoms with Crippen LogP contribution in [-0.2, 0) is 24.4 Å². The largest absolute Gasteiger partial charge is 0.486 e. The third-order valence-corrected chi connectivity index (χ3v) is 5.63. The molecule has 31 heavy (non-hydrogen) atoms. The number of rotatable bonds is 9. The van der Waals surface area contributed by atoms with Crippen molar-refractivity contribution in [2.24, 2.45) is 11.8 Å². The van der Waals surface area contributed by atoms with Crippen molar-refractivity contribution in [2.75, 3.05) is 13.1 Å². The monoisotopic (exact) mass is 420 g/mol. The zero-order chi connectivity index (χ0) is 21.3. The summed E-state index contributed by atoms with van der Waals surface area (Å²) in [6.07, 6.45) is 5.79. The van der Waals surface area contributed by atoms with E-state index in [4.69, 9.17) is 9.26 Å². The SMILES string of the molecule is O=C(C[C@@H]1CCNC[C@@H]1Cc1cc(COc2ccccc2)on1)NCc1cccnc1. The second-order valence-corrected chi connectivity index (χ2v) is 7.95. The molecular formula is C24H28N4O3. The molecule has 2 aromatic heterocycles. The number of benzene rings is 1. The van der Waals surface area contributed by atoms with Gasteiger partial charge in [0.15, 0.2) is 5.76 Å². The zero-order valence-corrected chi connectivity index (χ0v) is 17.5. The van der Waals surface area contributed by atoms with Crippen LogP contribution >= 0.6 is 0 Å². The van der Waals surface area contributed by atoms with Crippen molar-refractivity contribution in [3.8, 4) is 5.75 Å². The Bertz CT molecular complexity index is 946. The predicted molar refractivity (Wildman–Crippen MR) is 116 cm³/mol. The van der Waals surface area contributed by atoms with Gasteiger partial charge in [-0.3, -0.25) is 9.78 Å². The highest BCUT2D eigenvalue weighted by molar-refractivity contribution is 5.76. The minimum Gasteiger partial charge on any atom is -0.486 e. The molecule has 0 spiro atoms. The van der Waals surface area contributed by atoms with E-state index >= 15 is 0 Å². The van der Waals surface area contributed by atoms with Crippen molar-refractivity contribution in [1.82, 2.24) is 20.8 Å². The molecule has 7 nitrogen and oxygen atoms in total. The highest BCUT2D eigenvalue weighted by Gasteiger charge is 2.28. The van der Waals surface area contributed by atoms with Gasteiger partial charge in [-0.25, -0.2) is 0 Å². The number of aromatic nitrogens is 2. The van der Waals surface area contributed by atoms with Crippen molar-refractivity contribution in [3.63, 3.8) is 0 Å². The van der Waals surface area contributed by atoms with Gasteiger partial charge < -0.3 is 19.9 Å². The number of nitrogens with zero attached hydrogens (tertiary/aromatic N) is 2. The molecule has 1 amide bonds. The van der Waals surface area contributed by atoms with Crippen LogP contribution in [0.1, 0.15) is 29.9 Å². The number of hydrogen-bond donors (Lipinski definition) is 2. The molecule has 0 radical (unpaired) electrons. The van der Waals surface area contributed by atoms with Crippen LogP contribution < -0.4 is 15.4 Å². The van der Waals surface area contributed by atoms with Crippen molar-refractivity contribution in [2.45, 2.75) is 32.4 Å². The molecule has 3 aromatic rings. The number of amides is 1. The summed E-state index contributed by atoms with van der Waals surface area (Å²) >= 11 is 0. The first-order valence-electron chi connectivity index (χ1n) is 10.7. The van der Waals surface area contributed by atoms with Gasteiger partial charge in [0.2, 0.25) is 5.91 Å². The van der Waals surface area contributed by atoms with E-state index in [0.717, 1.165) is 42.9 Å². The Kier molecular flexibility index (Phi) is 7.28. The van der Waals surface area contributed by atoms with Gasteiger partial charge in [0.25, 0.3) is 0 Å². The van der Waals surface area contributed by atoms with Gasteiger partial charge >= 0.3 is 0 Å². The molecular weight excluding hydrogens is 392 g/mol. The lowest BCUT2D eigenvalue weighted by molar-refractivity contribution is -0.122. The minimum atomic E-state index is 0.0813. The maximum Gasteiger partial charge on any atom is 0.220 e. The Morgan fingerprint density at radius 3 is 2.94 bits per heavy atom. The van der Waals surface area contributed by atoms with Crippen molar-refractivity contribution in [1.29, 1.82) is 0 Å². The predicted octanol–water partition coefficient (Wildman–Crippen LogP) is 3.12. The van der Waals surface area contributed by atoms with Crippen LogP contribution in [0.25, 0.3) is 0 Å². The third kappa shape index (κ3) is 6.39. The summed E-state index contributed by atoms with van der Waals surface area (Å²) in [6.45, 7) is 2.67. The van der Waals surface area contributed by atoms with Gasteiger partial charge in [-0.1, -0.05) is 29.4 Å². The highest BCUT2D eigenvalue weighted by atomic mass is 16.5. The van der Waals surface area contributed by atoms with Crippen LogP contribution in [0.4, 0.5) is 0 Å². The maximum absolute atomic E-state index is 12.5. The summed E-state index contributed by atoms with van der Waals surface area (Å²) < 4.78 is 11.2. The lowest BCUT2D eigenvalue weighted by Gasteiger charge is -2.31. The van der Waals surface area contributed by atoms with Gasteiger partial charge in [0, 0.05) is 31.4 Å². The van der Waals surface area contributed by atoms with Crippen molar-refractivity contribution < 1.29 is 14.1 Å². The molecule has 2 N–H and O–H groups in total. The van der Waals surface area contributed by atoms with Crippen molar-refractivity contribution >= 4 is 5.91 Å². The Morgan fingerprint density at radius 1 is 1.19 bits per heavy atom. The van der Waals surface area contributed by atoms with Crippen LogP contribution in [0.2, 0.25) is 0 Å². The van der Waals surface area contributed by atoms with Crippen LogP contribution in [0, 0.1) is 11.8 Å². The van der Waals surface area contributed by atoms with E-state index in [-0.39, 0.29) is 5.91 Å². The fourth-order valence-electron chi connectivity index (χ4n) is 3.96. The Morgan fingerprint density at radius 2 is 2.10 bits per heavy atom. The Labute approximate surface area is 182 Å². The molecule has 1 fully saturated rings. The van der Waals surface area contributed by atoms with Crippen LogP contribution in [0.5, 0.6) is 5.75 Å². The van der Waals surface area contributed by atoms with Crippen LogP contribution in [0.15, 0.2) is 65.4 Å². The molecule has 1 aliphatic rings. The third-order valence-electron chi connectivity index (χ3n) is 5.63. The molecule has 7 heteroatoms. The average molecular weight is 421 g/mol. The van der Waals surface area contributed by atoms with E-state index in [0.29, 0.717) is 37.2 Å². The van der Waals surface area contributed by atoms with Gasteiger partial charge in [-0.05, 0) is 61.5 Å². The lowest BCUT2D eigenvalue weighted by Crippen LogP contribution is -2.40. The molecule has 0 aliphatic carbocycles. The number of pyridine rings is 1. The fourth-order valence-corrected chi connectivity index (χ4v) is 3.96. The molecule has 0 unspecified atom stereocenters. The van der Waals surface area contributed by atoms with Gasteiger partial charge in [0.05, 0.1) is 5.69 Å². The van der Waals surface area contributed by atoms with Gasteiger partial charge in [-0.15, -0.1) is 0 Å². The first-order valence-corrected chi connectivity index (χ1v) is 10.7. The van der Waals surface area contributed by atoms with E-state index in [1.165, 1.54) is 0 Å². The summed E-state index contributed by atoms with van der Waals surface area (Å²) in [5.74, 6) is 2.24. The average Bonchev–Trinajstić information content (AvgIpc) is 3.26. The quantitative estimate of drug-likeness (QED) is 0.553. The molecule has 0 saturated carbocycles. The lowest BCUT2D eigenvalue weighted by atomic mass is 9.81. The van der Waals surface area contributed by atoms with E-state index < -0.39 is 0 Å². The van der Waals surface area contributed by atoms with Crippen LogP contribution in [0.3, 0.4) is 0 Å². The molecule has 4 rings (SSSR count). The first kappa shape index (κ1) is 21.1. The highest BCUT2D eigenvalue weighted by Crippen LogP contribution is 2.26. The number of hydrogen-bond acceptors (Lipinski definition) is 6. The summed E-state index contributed by atoms with van der Waals surface area (Å²) in [6, 6.07) is 15.4. The zero-order valence-electron chi connectivity index (χ0n) is 17.5. The number of nitrogens with one attached hydrogen (secondary N) is 2. The number of ether oxygens (including phenoxy) is 1. The number of piperidine rings is 1. The summed E-state index contributed by atoms with van der Waals surface area (Å²) in [7, 11) is 0. The smallest absolute Gasteiger partial charge is 0.220 e. The first-order chi connectivity index (χ1) is 15.3. The van der Waals surface area contributed by atoms with E-state index in [1.54, 1.807) is 12.4 Å². The molecule has 3 heterocycles. The number of carbonyl (C=O) groups excluding carboxylic acids is 1. The standard InChI is InChI=1S/C24H28N4O3/c29-24(27-15-18-5-4-9-25-14-18)12-19-8-10-26-16-20(19)11-21-13-23(31-28-21)17-30-22-6-2-1-3-7-22/h1-7,9,13-14,19-20,26H,8,10-12,15-17H2,(H,27,29)/t19-,20-/m0/s1. The van der Waals surface area contributed by atoms with Gasteiger partial charge in [0.1, 0.15) is 12.4 Å². The fraction of sp³-hybridized carbons (Fsp3) is 0.375. The number of carbonyl (C=O) groups is 1. The van der Waals surface area contributed by atoms with E-state index in [9.17, 15) is 4.79 Å². The molecule has 1 aliphatic heterocycles. The molecule has 1 saturated heterocycles. The van der Waals surface area contributed by atoms with E-state index in [2.05, 4.69) is 20.8 Å². The molecule has 2 atom stereocenters. The van der Waals surface area contributed by atoms with Crippen molar-refractivity contribution in [3.05, 3.63) is 77.9 Å². The molecule has 162 valence electrons. The Hall–Kier alpha value is -3.19. The number of para-hydroxylation sites is 1. The summed E-state index contributed by atoms with van der Waals surface area (Å²) in [5, 5.41) is 10.7. The minimum absolute atomic E-state index is 0.0813. The summed E-state index contributed by atoms with van der Waals surface area (Å²) in [5.41, 5.74) is 1.91. The van der Waals surface area contributed by atoms with E-state index in [1.807, 2.05) is 48.5 Å². The normalized spacial score (nSPS) is 18.5. The Balaban J connectivity index is 1.27. The summed E-state index contributed by atoms with van der Waals surface area (Å²) in [4.78, 5) is 16.6. The molecule has 0 bridgehead atoms. The second-order valence-electron chi connectivity index (χ2n) is 7.95. The van der Waals surface area contributed by atoms with Crippen LogP contribution in [-0.4, -0.2) is 29.1 Å². The maximum atomic E-state index is 12.5. The van der Waals surface area contributed by atoms with Gasteiger partial charge in [-0.2, -0.15) is 0 Å². The molecule has 1 aromatic carbocycles.